The number of ether oxygens (including phenoxy) is 1. The van der Waals surface area contributed by atoms with E-state index in [0.29, 0.717) is 5.41 Å². The Morgan fingerprint density at radius 1 is 1.35 bits per heavy atom. The third-order valence-corrected chi connectivity index (χ3v) is 5.41. The molecule has 1 aliphatic carbocycles. The van der Waals surface area contributed by atoms with Gasteiger partial charge >= 0.3 is 0 Å². The summed E-state index contributed by atoms with van der Waals surface area (Å²) in [6.07, 6.45) is 5.22. The van der Waals surface area contributed by atoms with Crippen LogP contribution in [0.2, 0.25) is 0 Å². The Morgan fingerprint density at radius 2 is 1.94 bits per heavy atom. The molecule has 0 bridgehead atoms. The molecule has 100 valence electrons. The van der Waals surface area contributed by atoms with Crippen molar-refractivity contribution in [3.05, 3.63) is 0 Å². The maximum absolute atomic E-state index is 6.09. The highest BCUT2D eigenvalue weighted by atomic mass is 16.5. The maximum atomic E-state index is 6.09. The molecule has 0 aromatic heterocycles. The average Bonchev–Trinajstić information content (AvgIpc) is 3.09. The first-order chi connectivity index (χ1) is 8.05. The quantitative estimate of drug-likeness (QED) is 0.797. The molecule has 1 saturated carbocycles. The largest absolute Gasteiger partial charge is 0.384 e. The molecule has 2 fully saturated rings. The summed E-state index contributed by atoms with van der Waals surface area (Å²) in [5, 5.41) is 0. The number of piperidine rings is 1. The van der Waals surface area contributed by atoms with E-state index in [1.54, 1.807) is 0 Å². The van der Waals surface area contributed by atoms with Gasteiger partial charge in [-0.25, -0.2) is 0 Å². The fraction of sp³-hybridized carbons (Fsp3) is 1.00. The topological polar surface area (TPSA) is 38.5 Å². The number of hydrogen-bond acceptors (Lipinski definition) is 3. The van der Waals surface area contributed by atoms with Gasteiger partial charge in [0, 0.05) is 25.8 Å². The normalized spacial score (nSPS) is 28.9. The zero-order valence-electron chi connectivity index (χ0n) is 11.7. The summed E-state index contributed by atoms with van der Waals surface area (Å²) >= 11 is 0. The minimum Gasteiger partial charge on any atom is -0.384 e. The van der Waals surface area contributed by atoms with E-state index in [2.05, 4.69) is 18.7 Å². The van der Waals surface area contributed by atoms with E-state index in [9.17, 15) is 0 Å². The highest BCUT2D eigenvalue weighted by Crippen LogP contribution is 2.56. The lowest BCUT2D eigenvalue weighted by Crippen LogP contribution is -2.59. The van der Waals surface area contributed by atoms with Gasteiger partial charge in [-0.2, -0.15) is 0 Å². The van der Waals surface area contributed by atoms with Crippen molar-refractivity contribution < 1.29 is 4.74 Å². The molecular formula is C14H28N2O. The van der Waals surface area contributed by atoms with Gasteiger partial charge in [0.25, 0.3) is 0 Å². The van der Waals surface area contributed by atoms with Crippen LogP contribution in [0.15, 0.2) is 0 Å². The van der Waals surface area contributed by atoms with Gasteiger partial charge in [-0.3, -0.25) is 4.90 Å². The summed E-state index contributed by atoms with van der Waals surface area (Å²) in [5.41, 5.74) is 6.77. The van der Waals surface area contributed by atoms with Crippen molar-refractivity contribution in [2.45, 2.75) is 45.1 Å². The van der Waals surface area contributed by atoms with Crippen molar-refractivity contribution in [2.75, 3.05) is 33.4 Å². The van der Waals surface area contributed by atoms with Gasteiger partial charge in [-0.15, -0.1) is 0 Å². The third-order valence-electron chi connectivity index (χ3n) is 5.41. The van der Waals surface area contributed by atoms with Crippen LogP contribution in [-0.4, -0.2) is 43.8 Å². The zero-order valence-corrected chi connectivity index (χ0v) is 11.7. The fourth-order valence-corrected chi connectivity index (χ4v) is 3.31. The first kappa shape index (κ1) is 13.3. The van der Waals surface area contributed by atoms with Crippen LogP contribution in [0.5, 0.6) is 0 Å². The van der Waals surface area contributed by atoms with Crippen molar-refractivity contribution in [2.24, 2.45) is 17.1 Å². The van der Waals surface area contributed by atoms with Gasteiger partial charge in [0.15, 0.2) is 0 Å². The van der Waals surface area contributed by atoms with Crippen molar-refractivity contribution in [1.82, 2.24) is 4.90 Å². The molecular weight excluding hydrogens is 212 g/mol. The Balaban J connectivity index is 1.94. The van der Waals surface area contributed by atoms with E-state index in [-0.39, 0.29) is 5.54 Å². The number of nitrogens with two attached hydrogens (primary N) is 1. The second-order valence-electron chi connectivity index (χ2n) is 6.42. The van der Waals surface area contributed by atoms with E-state index in [1.807, 2.05) is 7.11 Å². The Bertz CT molecular complexity index is 257. The SMILES string of the molecule is COCC1CCN(C(C)(CN)C2(C)CC2)CC1. The van der Waals surface area contributed by atoms with Gasteiger partial charge in [-0.05, 0) is 57.0 Å². The lowest BCUT2D eigenvalue weighted by molar-refractivity contribution is 0.00561. The summed E-state index contributed by atoms with van der Waals surface area (Å²) in [4.78, 5) is 2.64. The van der Waals surface area contributed by atoms with Crippen molar-refractivity contribution >= 4 is 0 Å². The Kier molecular flexibility index (Phi) is 3.81. The van der Waals surface area contributed by atoms with Crippen LogP contribution in [0.25, 0.3) is 0 Å². The molecule has 0 aromatic carbocycles. The molecule has 0 spiro atoms. The summed E-state index contributed by atoms with van der Waals surface area (Å²) < 4.78 is 5.26. The highest BCUT2D eigenvalue weighted by Gasteiger charge is 2.55. The molecule has 3 nitrogen and oxygen atoms in total. The molecule has 0 aromatic rings. The summed E-state index contributed by atoms with van der Waals surface area (Å²) in [6.45, 7) is 8.87. The van der Waals surface area contributed by atoms with Gasteiger partial charge in [0.1, 0.15) is 0 Å². The predicted octanol–water partition coefficient (Wildman–Crippen LogP) is 1.86. The number of nitrogens with zero attached hydrogens (tertiary/aromatic N) is 1. The van der Waals surface area contributed by atoms with Crippen molar-refractivity contribution in [1.29, 1.82) is 0 Å². The molecule has 17 heavy (non-hydrogen) atoms. The van der Waals surface area contributed by atoms with Crippen LogP contribution >= 0.6 is 0 Å². The summed E-state index contributed by atoms with van der Waals surface area (Å²) in [5.74, 6) is 0.755. The second-order valence-corrected chi connectivity index (χ2v) is 6.42. The highest BCUT2D eigenvalue weighted by molar-refractivity contribution is 5.10. The lowest BCUT2D eigenvalue weighted by atomic mass is 9.80. The Hall–Kier alpha value is -0.120. The van der Waals surface area contributed by atoms with E-state index in [0.717, 1.165) is 19.1 Å². The smallest absolute Gasteiger partial charge is 0.0491 e. The van der Waals surface area contributed by atoms with Crippen LogP contribution in [0, 0.1) is 11.3 Å². The van der Waals surface area contributed by atoms with Crippen molar-refractivity contribution in [3.8, 4) is 0 Å². The first-order valence-corrected chi connectivity index (χ1v) is 7.00. The van der Waals surface area contributed by atoms with Gasteiger partial charge in [-0.1, -0.05) is 6.92 Å². The summed E-state index contributed by atoms with van der Waals surface area (Å²) in [7, 11) is 1.81. The zero-order chi connectivity index (χ0) is 12.5. The molecule has 0 radical (unpaired) electrons. The Labute approximate surface area is 106 Å². The van der Waals surface area contributed by atoms with Crippen LogP contribution in [0.3, 0.4) is 0 Å². The molecule has 1 aliphatic heterocycles. The van der Waals surface area contributed by atoms with E-state index >= 15 is 0 Å². The van der Waals surface area contributed by atoms with E-state index in [1.165, 1.54) is 38.8 Å². The van der Waals surface area contributed by atoms with E-state index in [4.69, 9.17) is 10.5 Å². The summed E-state index contributed by atoms with van der Waals surface area (Å²) in [6, 6.07) is 0. The standard InChI is InChI=1S/C14H28N2O/c1-13(6-7-13)14(2,11-15)16-8-4-12(5-9-16)10-17-3/h12H,4-11,15H2,1-3H3. The molecule has 2 rings (SSSR count). The number of likely N-dealkylation sites (tertiary alicyclic amines) is 1. The minimum atomic E-state index is 0.213. The van der Waals surface area contributed by atoms with E-state index < -0.39 is 0 Å². The van der Waals surface area contributed by atoms with Crippen LogP contribution in [0.1, 0.15) is 39.5 Å². The van der Waals surface area contributed by atoms with Gasteiger partial charge in [0.2, 0.25) is 0 Å². The molecule has 0 amide bonds. The van der Waals surface area contributed by atoms with Crippen LogP contribution in [0.4, 0.5) is 0 Å². The molecule has 2 N–H and O–H groups in total. The van der Waals surface area contributed by atoms with Gasteiger partial charge < -0.3 is 10.5 Å². The average molecular weight is 240 g/mol. The Morgan fingerprint density at radius 3 is 2.35 bits per heavy atom. The van der Waals surface area contributed by atoms with Crippen molar-refractivity contribution in [3.63, 3.8) is 0 Å². The third kappa shape index (κ3) is 2.38. The van der Waals surface area contributed by atoms with Crippen LogP contribution < -0.4 is 5.73 Å². The molecule has 2 aliphatic rings. The minimum absolute atomic E-state index is 0.213. The van der Waals surface area contributed by atoms with Gasteiger partial charge in [0.05, 0.1) is 0 Å². The molecule has 3 heteroatoms. The predicted molar refractivity (Wildman–Crippen MR) is 71.0 cm³/mol. The molecule has 1 heterocycles. The maximum Gasteiger partial charge on any atom is 0.0491 e. The molecule has 1 saturated heterocycles. The monoisotopic (exact) mass is 240 g/mol. The molecule has 1 atom stereocenters. The number of hydrogen-bond donors (Lipinski definition) is 1. The first-order valence-electron chi connectivity index (χ1n) is 7.00. The second kappa shape index (κ2) is 4.87. The molecule has 1 unspecified atom stereocenters. The lowest BCUT2D eigenvalue weighted by Gasteiger charge is -2.48. The van der Waals surface area contributed by atoms with Crippen LogP contribution in [-0.2, 0) is 4.74 Å². The number of methoxy groups -OCH3 is 1. The number of rotatable bonds is 5. The fourth-order valence-electron chi connectivity index (χ4n) is 3.31.